The molecule has 110 valence electrons. The van der Waals surface area contributed by atoms with E-state index >= 15 is 0 Å². The van der Waals surface area contributed by atoms with Gasteiger partial charge in [0.2, 0.25) is 0 Å². The van der Waals surface area contributed by atoms with Gasteiger partial charge in [0.05, 0.1) is 12.7 Å². The first-order chi connectivity index (χ1) is 10.2. The third kappa shape index (κ3) is 4.87. The fourth-order valence-corrected chi connectivity index (χ4v) is 2.44. The van der Waals surface area contributed by atoms with Crippen molar-refractivity contribution in [2.24, 2.45) is 0 Å². The monoisotopic (exact) mass is 280 g/mol. The predicted molar refractivity (Wildman–Crippen MR) is 89.3 cm³/mol. The van der Waals surface area contributed by atoms with Crippen LogP contribution in [0.3, 0.4) is 0 Å². The zero-order chi connectivity index (χ0) is 15.1. The molecule has 0 heterocycles. The lowest BCUT2D eigenvalue weighted by molar-refractivity contribution is 0.0438. The summed E-state index contributed by atoms with van der Waals surface area (Å²) in [6.07, 6.45) is 2.44. The van der Waals surface area contributed by atoms with E-state index in [1.807, 2.05) is 18.2 Å². The zero-order valence-corrected chi connectivity index (χ0v) is 13.1. The van der Waals surface area contributed by atoms with Gasteiger partial charge in [0, 0.05) is 5.92 Å². The first-order valence-corrected chi connectivity index (χ1v) is 7.52. The molecule has 1 heteroatoms. The van der Waals surface area contributed by atoms with E-state index in [-0.39, 0.29) is 6.10 Å². The Morgan fingerprint density at radius 2 is 1.52 bits per heavy atom. The summed E-state index contributed by atoms with van der Waals surface area (Å²) >= 11 is 0. The van der Waals surface area contributed by atoms with Crippen molar-refractivity contribution < 1.29 is 4.74 Å². The van der Waals surface area contributed by atoms with Crippen molar-refractivity contribution in [2.75, 3.05) is 0 Å². The van der Waals surface area contributed by atoms with Crippen LogP contribution in [-0.2, 0) is 11.3 Å². The maximum atomic E-state index is 6.10. The fraction of sp³-hybridized carbons (Fsp3) is 0.300. The molecular formula is C20H24O. The van der Waals surface area contributed by atoms with Gasteiger partial charge in [0.25, 0.3) is 0 Å². The van der Waals surface area contributed by atoms with Gasteiger partial charge in [-0.15, -0.1) is 0 Å². The molecule has 2 aromatic carbocycles. The second kappa shape index (κ2) is 7.80. The van der Waals surface area contributed by atoms with Crippen molar-refractivity contribution >= 4 is 0 Å². The Kier molecular flexibility index (Phi) is 5.77. The number of benzene rings is 2. The topological polar surface area (TPSA) is 9.23 Å². The lowest BCUT2D eigenvalue weighted by Gasteiger charge is -2.23. The molecule has 0 aliphatic heterocycles. The summed E-state index contributed by atoms with van der Waals surface area (Å²) in [5.74, 6) is 0.292. The molecule has 2 aromatic rings. The highest BCUT2D eigenvalue weighted by atomic mass is 16.5. The molecule has 21 heavy (non-hydrogen) atoms. The molecular weight excluding hydrogens is 256 g/mol. The van der Waals surface area contributed by atoms with Gasteiger partial charge in [-0.05, 0) is 31.9 Å². The third-order valence-electron chi connectivity index (χ3n) is 3.56. The quantitative estimate of drug-likeness (QED) is 0.649. The summed E-state index contributed by atoms with van der Waals surface area (Å²) in [5, 5.41) is 0. The molecule has 0 aliphatic carbocycles. The van der Waals surface area contributed by atoms with Gasteiger partial charge >= 0.3 is 0 Å². The lowest BCUT2D eigenvalue weighted by atomic mass is 9.92. The molecule has 0 aromatic heterocycles. The van der Waals surface area contributed by atoms with Crippen molar-refractivity contribution in [3.8, 4) is 0 Å². The zero-order valence-electron chi connectivity index (χ0n) is 13.1. The molecule has 0 radical (unpaired) electrons. The summed E-state index contributed by atoms with van der Waals surface area (Å²) in [5.41, 5.74) is 3.84. The molecule has 0 aliphatic rings. The van der Waals surface area contributed by atoms with E-state index in [0.29, 0.717) is 12.5 Å². The Hall–Kier alpha value is -1.86. The first kappa shape index (κ1) is 15.5. The van der Waals surface area contributed by atoms with Crippen LogP contribution in [0.25, 0.3) is 0 Å². The van der Waals surface area contributed by atoms with Crippen LogP contribution in [0.5, 0.6) is 0 Å². The molecule has 0 saturated heterocycles. The summed E-state index contributed by atoms with van der Waals surface area (Å²) in [4.78, 5) is 0. The van der Waals surface area contributed by atoms with Crippen molar-refractivity contribution in [1.82, 2.24) is 0 Å². The highest BCUT2D eigenvalue weighted by molar-refractivity contribution is 5.26. The molecule has 0 fully saturated rings. The number of allylic oxidation sites excluding steroid dienone is 1. The van der Waals surface area contributed by atoms with Gasteiger partial charge in [-0.3, -0.25) is 0 Å². The van der Waals surface area contributed by atoms with Crippen LogP contribution in [0.4, 0.5) is 0 Å². The molecule has 0 amide bonds. The number of ether oxygens (including phenoxy) is 1. The van der Waals surface area contributed by atoms with E-state index in [2.05, 4.69) is 69.3 Å². The molecule has 0 spiro atoms. The average Bonchev–Trinajstić information content (AvgIpc) is 2.52. The standard InChI is InChI=1S/C20H24O/c1-16(2)14-20(19-12-8-5-9-13-19)17(3)21-15-18-10-6-4-7-11-18/h4-14,17,20H,15H2,1-3H3/t17-,20+/m0/s1. The predicted octanol–water partition coefficient (Wildman–Crippen LogP) is 5.34. The molecule has 2 rings (SSSR count). The lowest BCUT2D eigenvalue weighted by Crippen LogP contribution is -2.17. The van der Waals surface area contributed by atoms with Crippen LogP contribution in [0, 0.1) is 0 Å². The maximum absolute atomic E-state index is 6.10. The van der Waals surface area contributed by atoms with Gasteiger partial charge < -0.3 is 4.74 Å². The third-order valence-corrected chi connectivity index (χ3v) is 3.56. The van der Waals surface area contributed by atoms with Crippen LogP contribution < -0.4 is 0 Å². The Balaban J connectivity index is 2.08. The molecule has 0 unspecified atom stereocenters. The van der Waals surface area contributed by atoms with Gasteiger partial charge in [-0.25, -0.2) is 0 Å². The second-order valence-corrected chi connectivity index (χ2v) is 5.68. The minimum Gasteiger partial charge on any atom is -0.373 e. The highest BCUT2D eigenvalue weighted by Crippen LogP contribution is 2.25. The first-order valence-electron chi connectivity index (χ1n) is 7.52. The van der Waals surface area contributed by atoms with Crippen molar-refractivity contribution in [2.45, 2.75) is 39.4 Å². The Morgan fingerprint density at radius 1 is 0.952 bits per heavy atom. The normalized spacial score (nSPS) is 13.5. The molecule has 1 nitrogen and oxygen atoms in total. The van der Waals surface area contributed by atoms with Gasteiger partial charge in [-0.2, -0.15) is 0 Å². The summed E-state index contributed by atoms with van der Waals surface area (Å²) < 4.78 is 6.10. The van der Waals surface area contributed by atoms with Crippen LogP contribution in [0.2, 0.25) is 0 Å². The van der Waals surface area contributed by atoms with Crippen LogP contribution >= 0.6 is 0 Å². The number of hydrogen-bond acceptors (Lipinski definition) is 1. The Bertz CT molecular complexity index is 553. The smallest absolute Gasteiger partial charge is 0.0720 e. The van der Waals surface area contributed by atoms with E-state index in [9.17, 15) is 0 Å². The van der Waals surface area contributed by atoms with E-state index in [1.54, 1.807) is 0 Å². The van der Waals surface area contributed by atoms with E-state index < -0.39 is 0 Å². The van der Waals surface area contributed by atoms with Crippen molar-refractivity contribution in [3.63, 3.8) is 0 Å². The average molecular weight is 280 g/mol. The van der Waals surface area contributed by atoms with Crippen LogP contribution in [0.1, 0.15) is 37.8 Å². The number of hydrogen-bond donors (Lipinski definition) is 0. The van der Waals surface area contributed by atoms with Gasteiger partial charge in [0.1, 0.15) is 0 Å². The summed E-state index contributed by atoms with van der Waals surface area (Å²) in [7, 11) is 0. The second-order valence-electron chi connectivity index (χ2n) is 5.68. The van der Waals surface area contributed by atoms with E-state index in [4.69, 9.17) is 4.74 Å². The summed E-state index contributed by atoms with van der Waals surface area (Å²) in [6, 6.07) is 20.9. The highest BCUT2D eigenvalue weighted by Gasteiger charge is 2.17. The number of rotatable bonds is 6. The maximum Gasteiger partial charge on any atom is 0.0720 e. The minimum atomic E-state index is 0.141. The SMILES string of the molecule is CC(C)=C[C@@H](c1ccccc1)[C@H](C)OCc1ccccc1. The summed E-state index contributed by atoms with van der Waals surface area (Å²) in [6.45, 7) is 7.09. The van der Waals surface area contributed by atoms with Crippen LogP contribution in [-0.4, -0.2) is 6.10 Å². The minimum absolute atomic E-state index is 0.141. The fourth-order valence-electron chi connectivity index (χ4n) is 2.44. The van der Waals surface area contributed by atoms with E-state index in [0.717, 1.165) is 0 Å². The van der Waals surface area contributed by atoms with Crippen molar-refractivity contribution in [3.05, 3.63) is 83.4 Å². The van der Waals surface area contributed by atoms with Gasteiger partial charge in [0.15, 0.2) is 0 Å². The molecule has 0 saturated carbocycles. The molecule has 0 N–H and O–H groups in total. The largest absolute Gasteiger partial charge is 0.373 e. The molecule has 2 atom stereocenters. The Labute approximate surface area is 128 Å². The molecule has 0 bridgehead atoms. The Morgan fingerprint density at radius 3 is 2.10 bits per heavy atom. The van der Waals surface area contributed by atoms with Gasteiger partial charge in [-0.1, -0.05) is 72.3 Å². The van der Waals surface area contributed by atoms with Crippen LogP contribution in [0.15, 0.2) is 72.3 Å². The van der Waals surface area contributed by atoms with Crippen molar-refractivity contribution in [1.29, 1.82) is 0 Å². The van der Waals surface area contributed by atoms with E-state index in [1.165, 1.54) is 16.7 Å².